The Balaban J connectivity index is 2.14. The summed E-state index contributed by atoms with van der Waals surface area (Å²) in [5.74, 6) is -0.133. The van der Waals surface area contributed by atoms with Gasteiger partial charge in [-0.3, -0.25) is 9.59 Å². The molecule has 1 aliphatic heterocycles. The molecule has 0 saturated carbocycles. The lowest BCUT2D eigenvalue weighted by atomic mass is 10.1. The molecule has 1 aromatic rings. The molecule has 5 heteroatoms. The predicted octanol–water partition coefficient (Wildman–Crippen LogP) is 1.47. The van der Waals surface area contributed by atoms with Gasteiger partial charge in [-0.1, -0.05) is 6.92 Å². The monoisotopic (exact) mass is 275 g/mol. The molecule has 0 aliphatic carbocycles. The van der Waals surface area contributed by atoms with E-state index in [-0.39, 0.29) is 17.9 Å². The molecular formula is C15H21N3O2. The normalized spacial score (nSPS) is 18.6. The van der Waals surface area contributed by atoms with Gasteiger partial charge in [0, 0.05) is 30.9 Å². The molecule has 1 aliphatic rings. The average Bonchev–Trinajstić information content (AvgIpc) is 2.47. The van der Waals surface area contributed by atoms with E-state index in [1.807, 2.05) is 26.0 Å². The molecule has 2 rings (SSSR count). The first-order valence-corrected chi connectivity index (χ1v) is 7.10. The van der Waals surface area contributed by atoms with Gasteiger partial charge in [-0.15, -0.1) is 0 Å². The molecule has 0 radical (unpaired) electrons. The van der Waals surface area contributed by atoms with Crippen molar-refractivity contribution in [2.45, 2.75) is 26.3 Å². The lowest BCUT2D eigenvalue weighted by Crippen LogP contribution is -2.56. The van der Waals surface area contributed by atoms with Crippen LogP contribution in [0.15, 0.2) is 24.3 Å². The molecule has 0 bridgehead atoms. The zero-order chi connectivity index (χ0) is 14.5. The third-order valence-corrected chi connectivity index (χ3v) is 3.49. The van der Waals surface area contributed by atoms with E-state index in [1.165, 1.54) is 0 Å². The summed E-state index contributed by atoms with van der Waals surface area (Å²) in [6, 6.07) is 7.03. The standard InChI is InChI=1S/C15H21N3O2/c1-3-13-14(19)17-9-10-18(13)15(20)11-5-7-12(8-6-11)16-4-2/h5-8,13,16H,3-4,9-10H2,1-2H3,(H,17,19). The number of amides is 2. The zero-order valence-electron chi connectivity index (χ0n) is 12.0. The minimum absolute atomic E-state index is 0.0589. The number of nitrogens with zero attached hydrogens (tertiary/aromatic N) is 1. The Morgan fingerprint density at radius 1 is 1.35 bits per heavy atom. The molecule has 1 unspecified atom stereocenters. The van der Waals surface area contributed by atoms with E-state index < -0.39 is 0 Å². The number of hydrogen-bond donors (Lipinski definition) is 2. The molecule has 2 amide bonds. The number of rotatable bonds is 4. The summed E-state index contributed by atoms with van der Waals surface area (Å²) in [7, 11) is 0. The third kappa shape index (κ3) is 2.92. The number of hydrogen-bond acceptors (Lipinski definition) is 3. The summed E-state index contributed by atoms with van der Waals surface area (Å²) in [6.07, 6.45) is 0.632. The lowest BCUT2D eigenvalue weighted by Gasteiger charge is -2.34. The third-order valence-electron chi connectivity index (χ3n) is 3.49. The van der Waals surface area contributed by atoms with E-state index in [1.54, 1.807) is 17.0 Å². The van der Waals surface area contributed by atoms with Crippen molar-refractivity contribution in [1.82, 2.24) is 10.2 Å². The summed E-state index contributed by atoms with van der Waals surface area (Å²) in [4.78, 5) is 26.0. The smallest absolute Gasteiger partial charge is 0.254 e. The van der Waals surface area contributed by atoms with E-state index in [9.17, 15) is 9.59 Å². The molecule has 1 atom stereocenters. The lowest BCUT2D eigenvalue weighted by molar-refractivity contribution is -0.127. The van der Waals surface area contributed by atoms with Gasteiger partial charge in [0.2, 0.25) is 5.91 Å². The van der Waals surface area contributed by atoms with Gasteiger partial charge in [0.25, 0.3) is 5.91 Å². The van der Waals surface area contributed by atoms with E-state index in [0.29, 0.717) is 25.1 Å². The van der Waals surface area contributed by atoms with E-state index in [0.717, 1.165) is 12.2 Å². The minimum Gasteiger partial charge on any atom is -0.385 e. The van der Waals surface area contributed by atoms with Gasteiger partial charge in [-0.25, -0.2) is 0 Å². The topological polar surface area (TPSA) is 61.4 Å². The first kappa shape index (κ1) is 14.4. The van der Waals surface area contributed by atoms with Crippen LogP contribution in [0, 0.1) is 0 Å². The highest BCUT2D eigenvalue weighted by Gasteiger charge is 2.31. The van der Waals surface area contributed by atoms with E-state index in [2.05, 4.69) is 10.6 Å². The maximum Gasteiger partial charge on any atom is 0.254 e. The van der Waals surface area contributed by atoms with E-state index >= 15 is 0 Å². The van der Waals surface area contributed by atoms with Crippen molar-refractivity contribution < 1.29 is 9.59 Å². The van der Waals surface area contributed by atoms with Gasteiger partial charge in [0.05, 0.1) is 0 Å². The van der Waals surface area contributed by atoms with Crippen LogP contribution in [0.5, 0.6) is 0 Å². The highest BCUT2D eigenvalue weighted by atomic mass is 16.2. The second-order valence-corrected chi connectivity index (χ2v) is 4.82. The molecule has 2 N–H and O–H groups in total. The van der Waals surface area contributed by atoms with Crippen molar-refractivity contribution in [3.05, 3.63) is 29.8 Å². The number of carbonyl (C=O) groups excluding carboxylic acids is 2. The molecule has 108 valence electrons. The van der Waals surface area contributed by atoms with Crippen molar-refractivity contribution in [2.24, 2.45) is 0 Å². The van der Waals surface area contributed by atoms with Crippen LogP contribution in [-0.4, -0.2) is 42.4 Å². The Bertz CT molecular complexity index is 484. The fourth-order valence-corrected chi connectivity index (χ4v) is 2.46. The van der Waals surface area contributed by atoms with Crippen molar-refractivity contribution in [3.63, 3.8) is 0 Å². The summed E-state index contributed by atoms with van der Waals surface area (Å²) in [5, 5.41) is 5.99. The highest BCUT2D eigenvalue weighted by Crippen LogP contribution is 2.16. The molecule has 0 aromatic heterocycles. The Morgan fingerprint density at radius 3 is 2.65 bits per heavy atom. The predicted molar refractivity (Wildman–Crippen MR) is 78.7 cm³/mol. The number of nitrogens with one attached hydrogen (secondary N) is 2. The van der Waals surface area contributed by atoms with Crippen LogP contribution < -0.4 is 10.6 Å². The molecule has 1 aromatic carbocycles. The Kier molecular flexibility index (Phi) is 4.61. The minimum atomic E-state index is -0.357. The number of carbonyl (C=O) groups is 2. The fourth-order valence-electron chi connectivity index (χ4n) is 2.46. The summed E-state index contributed by atoms with van der Waals surface area (Å²) >= 11 is 0. The van der Waals surface area contributed by atoms with Gasteiger partial charge >= 0.3 is 0 Å². The molecule has 1 fully saturated rings. The fraction of sp³-hybridized carbons (Fsp3) is 0.467. The Morgan fingerprint density at radius 2 is 2.05 bits per heavy atom. The first-order valence-electron chi connectivity index (χ1n) is 7.10. The summed E-state index contributed by atoms with van der Waals surface area (Å²) in [6.45, 7) is 5.88. The van der Waals surface area contributed by atoms with Crippen molar-refractivity contribution in [3.8, 4) is 0 Å². The van der Waals surface area contributed by atoms with Crippen LogP contribution in [0.3, 0.4) is 0 Å². The second kappa shape index (κ2) is 6.41. The molecule has 20 heavy (non-hydrogen) atoms. The largest absolute Gasteiger partial charge is 0.385 e. The van der Waals surface area contributed by atoms with Crippen LogP contribution in [0.25, 0.3) is 0 Å². The van der Waals surface area contributed by atoms with Crippen LogP contribution in [0.1, 0.15) is 30.6 Å². The maximum atomic E-state index is 12.5. The quantitative estimate of drug-likeness (QED) is 0.874. The molecule has 5 nitrogen and oxygen atoms in total. The number of piperazine rings is 1. The van der Waals surface area contributed by atoms with Gasteiger partial charge in [-0.05, 0) is 37.6 Å². The van der Waals surface area contributed by atoms with E-state index in [4.69, 9.17) is 0 Å². The number of benzene rings is 1. The van der Waals surface area contributed by atoms with Crippen molar-refractivity contribution in [1.29, 1.82) is 0 Å². The SMILES string of the molecule is CCNc1ccc(C(=O)N2CCNC(=O)C2CC)cc1. The van der Waals surface area contributed by atoms with Crippen LogP contribution in [0.4, 0.5) is 5.69 Å². The molecular weight excluding hydrogens is 254 g/mol. The number of anilines is 1. The van der Waals surface area contributed by atoms with Crippen molar-refractivity contribution in [2.75, 3.05) is 25.0 Å². The first-order chi connectivity index (χ1) is 9.67. The summed E-state index contributed by atoms with van der Waals surface area (Å²) in [5.41, 5.74) is 1.62. The van der Waals surface area contributed by atoms with Crippen LogP contribution >= 0.6 is 0 Å². The summed E-state index contributed by atoms with van der Waals surface area (Å²) < 4.78 is 0. The van der Waals surface area contributed by atoms with Crippen LogP contribution in [0.2, 0.25) is 0 Å². The van der Waals surface area contributed by atoms with Gasteiger partial charge in [-0.2, -0.15) is 0 Å². The maximum absolute atomic E-state index is 12.5. The van der Waals surface area contributed by atoms with Gasteiger partial charge in [0.15, 0.2) is 0 Å². The molecule has 1 saturated heterocycles. The molecule has 0 spiro atoms. The van der Waals surface area contributed by atoms with Crippen LogP contribution in [-0.2, 0) is 4.79 Å². The Hall–Kier alpha value is -2.04. The highest BCUT2D eigenvalue weighted by molar-refractivity contribution is 5.98. The zero-order valence-corrected chi connectivity index (χ0v) is 12.0. The second-order valence-electron chi connectivity index (χ2n) is 4.82. The van der Waals surface area contributed by atoms with Crippen molar-refractivity contribution >= 4 is 17.5 Å². The van der Waals surface area contributed by atoms with Gasteiger partial charge in [0.1, 0.15) is 6.04 Å². The van der Waals surface area contributed by atoms with Gasteiger partial charge < -0.3 is 15.5 Å². The Labute approximate surface area is 119 Å². The average molecular weight is 275 g/mol. The molecule has 1 heterocycles.